The lowest BCUT2D eigenvalue weighted by Crippen LogP contribution is -2.66. The van der Waals surface area contributed by atoms with Crippen LogP contribution in [0, 0.1) is 0 Å². The summed E-state index contributed by atoms with van der Waals surface area (Å²) in [6.07, 6.45) is -26.1. The van der Waals surface area contributed by atoms with E-state index in [2.05, 4.69) is 0 Å². The SMILES string of the molecule is O=S(=O)(F)C(F)(C(F)=C(F)F)C(F)(F)C(F)(F)OC(F)(F)C(F)(F)C(F)(C(F)=C(F)F)S(=O)(=O)F. The second-order valence-electron chi connectivity index (χ2n) is 5.50. The van der Waals surface area contributed by atoms with Crippen LogP contribution in [-0.4, -0.2) is 50.9 Å². The number of hydrogen-bond donors (Lipinski definition) is 0. The van der Waals surface area contributed by atoms with Gasteiger partial charge >= 0.3 is 66.7 Å². The third kappa shape index (κ3) is 4.76. The Hall–Kier alpha value is -1.92. The molecule has 0 aromatic rings. The molecule has 0 aliphatic rings. The van der Waals surface area contributed by atoms with Gasteiger partial charge in [-0.25, -0.2) is 22.3 Å². The maximum absolute atomic E-state index is 13.7. The van der Waals surface area contributed by atoms with Crippen molar-refractivity contribution in [3.05, 3.63) is 23.8 Å². The lowest BCUT2D eigenvalue weighted by atomic mass is 10.1. The highest BCUT2D eigenvalue weighted by Crippen LogP contribution is 2.58. The molecule has 0 aromatic carbocycles. The molecule has 0 heterocycles. The molecule has 35 heavy (non-hydrogen) atoms. The largest absolute Gasteiger partial charge is 0.429 e. The minimum atomic E-state index is -8.54. The van der Waals surface area contributed by atoms with Crippen LogP contribution in [0.3, 0.4) is 0 Å². The monoisotopic (exact) mass is 606 g/mol. The zero-order valence-electron chi connectivity index (χ0n) is 14.7. The first-order valence-electron chi connectivity index (χ1n) is 6.82. The average Bonchev–Trinajstić information content (AvgIpc) is 2.61. The molecule has 208 valence electrons. The van der Waals surface area contributed by atoms with Crippen LogP contribution in [-0.2, 0) is 25.2 Å². The van der Waals surface area contributed by atoms with Crippen LogP contribution in [0.5, 0.6) is 0 Å². The maximum atomic E-state index is 13.7. The minimum absolute atomic E-state index is 1.12. The first-order chi connectivity index (χ1) is 14.9. The molecule has 0 fully saturated rings. The summed E-state index contributed by atoms with van der Waals surface area (Å²) >= 11 is 0. The van der Waals surface area contributed by atoms with E-state index in [1.165, 1.54) is 0 Å². The van der Waals surface area contributed by atoms with E-state index >= 15 is 0 Å². The summed E-state index contributed by atoms with van der Waals surface area (Å²) in [5, 5.41) is -15.6. The van der Waals surface area contributed by atoms with E-state index in [4.69, 9.17) is 0 Å². The van der Waals surface area contributed by atoms with Crippen molar-refractivity contribution < 1.29 is 99.6 Å². The van der Waals surface area contributed by atoms with Crippen LogP contribution >= 0.6 is 0 Å². The van der Waals surface area contributed by atoms with Crippen LogP contribution in [0.1, 0.15) is 0 Å². The highest BCUT2D eigenvalue weighted by atomic mass is 32.3. The van der Waals surface area contributed by atoms with Crippen LogP contribution in [0.15, 0.2) is 23.8 Å². The lowest BCUT2D eigenvalue weighted by Gasteiger charge is -2.38. The molecular weight excluding hydrogens is 606 g/mol. The topological polar surface area (TPSA) is 77.5 Å². The molecular formula is C10F18O5S2. The van der Waals surface area contributed by atoms with Crippen molar-refractivity contribution in [1.29, 1.82) is 0 Å². The summed E-state index contributed by atoms with van der Waals surface area (Å²) in [6.45, 7) is 0. The fraction of sp³-hybridized carbons (Fsp3) is 0.600. The smallest absolute Gasteiger partial charge is 0.245 e. The summed E-state index contributed by atoms with van der Waals surface area (Å²) < 4.78 is 277. The molecule has 0 spiro atoms. The fourth-order valence-corrected chi connectivity index (χ4v) is 3.14. The fourth-order valence-electron chi connectivity index (χ4n) is 1.70. The molecule has 0 saturated heterocycles. The van der Waals surface area contributed by atoms with Crippen LogP contribution in [0.25, 0.3) is 0 Å². The Kier molecular flexibility index (Phi) is 8.39. The summed E-state index contributed by atoms with van der Waals surface area (Å²) in [6, 6.07) is 0. The molecule has 0 N–H and O–H groups in total. The molecule has 2 atom stereocenters. The average molecular weight is 606 g/mol. The summed E-state index contributed by atoms with van der Waals surface area (Å²) in [5.74, 6) is -26.8. The summed E-state index contributed by atoms with van der Waals surface area (Å²) in [4.78, 5) is 0. The van der Waals surface area contributed by atoms with Gasteiger partial charge in [0.25, 0.3) is 0 Å². The van der Waals surface area contributed by atoms with Gasteiger partial charge in [-0.2, -0.15) is 69.5 Å². The molecule has 0 radical (unpaired) electrons. The standard InChI is InChI=1S/C10F18O5S2/c11-1(3(13)14)5(17,34(27,29)30)7(19,20)9(23,24)33-10(25,26)8(21,22)6(18,35(28,31)32)2(12)4(15)16. The van der Waals surface area contributed by atoms with Crippen LogP contribution in [0.4, 0.5) is 78.0 Å². The van der Waals surface area contributed by atoms with E-state index in [-0.39, 0.29) is 0 Å². The number of rotatable bonds is 10. The Morgan fingerprint density at radius 1 is 0.486 bits per heavy atom. The Balaban J connectivity index is 7.24. The molecule has 0 bridgehead atoms. The van der Waals surface area contributed by atoms with Crippen molar-refractivity contribution in [1.82, 2.24) is 0 Å². The van der Waals surface area contributed by atoms with Gasteiger partial charge in [-0.05, 0) is 0 Å². The molecule has 0 rings (SSSR count). The van der Waals surface area contributed by atoms with Crippen molar-refractivity contribution in [2.45, 2.75) is 34.1 Å². The Morgan fingerprint density at radius 3 is 0.829 bits per heavy atom. The predicted octanol–water partition coefficient (Wildman–Crippen LogP) is 5.54. The molecule has 5 nitrogen and oxygen atoms in total. The van der Waals surface area contributed by atoms with Gasteiger partial charge in [0.2, 0.25) is 11.7 Å². The molecule has 2 unspecified atom stereocenters. The normalized spacial score (nSPS) is 17.9. The molecule has 25 heteroatoms. The summed E-state index contributed by atoms with van der Waals surface area (Å²) in [5.41, 5.74) is 0. The molecule has 0 saturated carbocycles. The van der Waals surface area contributed by atoms with Crippen molar-refractivity contribution in [3.8, 4) is 0 Å². The van der Waals surface area contributed by atoms with Gasteiger partial charge < -0.3 is 0 Å². The number of hydrogen-bond acceptors (Lipinski definition) is 5. The first-order valence-corrected chi connectivity index (χ1v) is 9.58. The Labute approximate surface area is 179 Å². The van der Waals surface area contributed by atoms with Crippen LogP contribution in [0.2, 0.25) is 0 Å². The zero-order chi connectivity index (χ0) is 29.0. The van der Waals surface area contributed by atoms with Crippen molar-refractivity contribution in [3.63, 3.8) is 0 Å². The number of alkyl halides is 10. The predicted molar refractivity (Wildman–Crippen MR) is 69.3 cm³/mol. The molecule has 0 aliphatic heterocycles. The summed E-state index contributed by atoms with van der Waals surface area (Å²) in [7, 11) is -17.1. The van der Waals surface area contributed by atoms with Gasteiger partial charge in [-0.3, -0.25) is 0 Å². The molecule has 0 aromatic heterocycles. The van der Waals surface area contributed by atoms with E-state index in [9.17, 15) is 94.9 Å². The van der Waals surface area contributed by atoms with Gasteiger partial charge in [-0.15, -0.1) is 7.77 Å². The van der Waals surface area contributed by atoms with E-state index < -0.39 is 78.3 Å². The number of halogens is 18. The molecule has 0 amide bonds. The van der Waals surface area contributed by atoms with E-state index in [1.807, 2.05) is 0 Å². The number of ether oxygens (including phenoxy) is 1. The zero-order valence-corrected chi connectivity index (χ0v) is 16.3. The van der Waals surface area contributed by atoms with Gasteiger partial charge in [0.1, 0.15) is 0 Å². The first kappa shape index (κ1) is 33.1. The van der Waals surface area contributed by atoms with Crippen molar-refractivity contribution in [2.24, 2.45) is 0 Å². The van der Waals surface area contributed by atoms with E-state index in [0.717, 1.165) is 4.74 Å². The second-order valence-corrected chi connectivity index (χ2v) is 8.38. The Bertz CT molecular complexity index is 1030. The van der Waals surface area contributed by atoms with Gasteiger partial charge in [0.05, 0.1) is 0 Å². The highest BCUT2D eigenvalue weighted by Gasteiger charge is 2.87. The molecule has 0 aliphatic carbocycles. The van der Waals surface area contributed by atoms with Crippen LogP contribution < -0.4 is 0 Å². The minimum Gasteiger partial charge on any atom is -0.245 e. The van der Waals surface area contributed by atoms with Crippen molar-refractivity contribution >= 4 is 20.4 Å². The second kappa shape index (κ2) is 8.88. The maximum Gasteiger partial charge on any atom is 0.429 e. The van der Waals surface area contributed by atoms with Crippen molar-refractivity contribution in [2.75, 3.05) is 0 Å². The van der Waals surface area contributed by atoms with E-state index in [0.29, 0.717) is 0 Å². The quantitative estimate of drug-likeness (QED) is 0.241. The van der Waals surface area contributed by atoms with Gasteiger partial charge in [-0.1, -0.05) is 0 Å². The highest BCUT2D eigenvalue weighted by molar-refractivity contribution is 7.88. The third-order valence-corrected chi connectivity index (χ3v) is 5.58. The van der Waals surface area contributed by atoms with Gasteiger partial charge in [0, 0.05) is 0 Å². The van der Waals surface area contributed by atoms with E-state index in [1.54, 1.807) is 0 Å². The van der Waals surface area contributed by atoms with Gasteiger partial charge in [0.15, 0.2) is 0 Å². The lowest BCUT2D eigenvalue weighted by molar-refractivity contribution is -0.479. The third-order valence-electron chi connectivity index (χ3n) is 3.36. The Morgan fingerprint density at radius 2 is 0.686 bits per heavy atom.